The zero-order valence-corrected chi connectivity index (χ0v) is 12.2. The number of para-hydroxylation sites is 2. The van der Waals surface area contributed by atoms with Crippen LogP contribution in [0.5, 0.6) is 5.75 Å². The molecular weight excluding hydrogens is 290 g/mol. The predicted molar refractivity (Wildman–Crippen MR) is 86.7 cm³/mol. The number of hydrogen-bond acceptors (Lipinski definition) is 4. The average molecular weight is 303 g/mol. The van der Waals surface area contributed by atoms with E-state index in [4.69, 9.17) is 9.47 Å². The van der Waals surface area contributed by atoms with Crippen molar-refractivity contribution in [2.24, 2.45) is 0 Å². The van der Waals surface area contributed by atoms with Gasteiger partial charge in [-0.25, -0.2) is 4.79 Å². The summed E-state index contributed by atoms with van der Waals surface area (Å²) in [4.78, 5) is 14.1. The molecule has 2 heterocycles. The smallest absolute Gasteiger partial charge is 0.343 e. The summed E-state index contributed by atoms with van der Waals surface area (Å²) in [6.07, 6.45) is 7.04. The minimum Gasteiger partial charge on any atom is -0.461 e. The Hall–Kier alpha value is -3.27. The van der Waals surface area contributed by atoms with Crippen LogP contribution in [0.2, 0.25) is 0 Å². The standard InChI is InChI=1S/C19H13NO3/c21-19(14-6-2-1-3-7-14)23-16-10-11-20-15(12-16)13-22-18-9-5-4-8-17(18)20/h1-13H. The maximum absolute atomic E-state index is 12.1. The number of anilines is 1. The molecule has 2 aliphatic heterocycles. The number of hydrogen-bond donors (Lipinski definition) is 0. The molecule has 112 valence electrons. The second-order valence-corrected chi connectivity index (χ2v) is 5.12. The number of fused-ring (bicyclic) bond motifs is 3. The van der Waals surface area contributed by atoms with Gasteiger partial charge in [-0.1, -0.05) is 30.3 Å². The second kappa shape index (κ2) is 5.50. The molecule has 0 bridgehead atoms. The van der Waals surface area contributed by atoms with Gasteiger partial charge in [0.05, 0.1) is 16.9 Å². The quantitative estimate of drug-likeness (QED) is 0.786. The van der Waals surface area contributed by atoms with Crippen LogP contribution in [0.25, 0.3) is 0 Å². The van der Waals surface area contributed by atoms with Crippen LogP contribution in [0.1, 0.15) is 10.4 Å². The van der Waals surface area contributed by atoms with Crippen LogP contribution in [0.15, 0.2) is 90.7 Å². The van der Waals surface area contributed by atoms with Crippen molar-refractivity contribution in [3.8, 4) is 5.75 Å². The first-order valence-electron chi connectivity index (χ1n) is 7.23. The number of carbonyl (C=O) groups is 1. The lowest BCUT2D eigenvalue weighted by atomic mass is 10.2. The summed E-state index contributed by atoms with van der Waals surface area (Å²) in [5, 5.41) is 0. The first-order valence-corrected chi connectivity index (χ1v) is 7.23. The van der Waals surface area contributed by atoms with Crippen LogP contribution in [0.3, 0.4) is 0 Å². The average Bonchev–Trinajstić information content (AvgIpc) is 2.62. The lowest BCUT2D eigenvalue weighted by Gasteiger charge is -2.29. The molecule has 0 N–H and O–H groups in total. The van der Waals surface area contributed by atoms with Crippen LogP contribution in [0, 0.1) is 0 Å². The fraction of sp³-hybridized carbons (Fsp3) is 0. The van der Waals surface area contributed by atoms with E-state index in [1.165, 1.54) is 0 Å². The zero-order chi connectivity index (χ0) is 15.6. The first-order chi connectivity index (χ1) is 11.3. The molecule has 2 aliphatic rings. The Balaban J connectivity index is 1.56. The van der Waals surface area contributed by atoms with Crippen LogP contribution < -0.4 is 9.64 Å². The highest BCUT2D eigenvalue weighted by Crippen LogP contribution is 2.37. The van der Waals surface area contributed by atoms with E-state index in [1.54, 1.807) is 42.7 Å². The van der Waals surface area contributed by atoms with E-state index < -0.39 is 0 Å². The SMILES string of the molecule is O=C(OC1=CC2=COc3ccccc3N2C=C1)c1ccccc1. The fourth-order valence-corrected chi connectivity index (χ4v) is 2.49. The molecule has 0 spiro atoms. The van der Waals surface area contributed by atoms with Crippen molar-refractivity contribution in [2.45, 2.75) is 0 Å². The summed E-state index contributed by atoms with van der Waals surface area (Å²) in [5.74, 6) is 0.885. The van der Waals surface area contributed by atoms with E-state index in [0.29, 0.717) is 11.3 Å². The van der Waals surface area contributed by atoms with Crippen molar-refractivity contribution in [3.63, 3.8) is 0 Å². The minimum absolute atomic E-state index is 0.382. The number of rotatable bonds is 2. The third-order valence-corrected chi connectivity index (χ3v) is 3.61. The van der Waals surface area contributed by atoms with Crippen molar-refractivity contribution in [3.05, 3.63) is 96.2 Å². The topological polar surface area (TPSA) is 38.8 Å². The maximum atomic E-state index is 12.1. The Morgan fingerprint density at radius 3 is 2.65 bits per heavy atom. The number of ether oxygens (including phenoxy) is 2. The van der Waals surface area contributed by atoms with E-state index in [9.17, 15) is 4.79 Å². The molecule has 23 heavy (non-hydrogen) atoms. The Bertz CT molecular complexity index is 850. The molecule has 2 aromatic rings. The minimum atomic E-state index is -0.382. The van der Waals surface area contributed by atoms with Gasteiger partial charge in [0.1, 0.15) is 12.0 Å². The van der Waals surface area contributed by atoms with Gasteiger partial charge in [0.25, 0.3) is 0 Å². The number of benzene rings is 2. The Morgan fingerprint density at radius 1 is 1.00 bits per heavy atom. The van der Waals surface area contributed by atoms with Crippen molar-refractivity contribution >= 4 is 11.7 Å². The van der Waals surface area contributed by atoms with Crippen molar-refractivity contribution < 1.29 is 14.3 Å². The highest BCUT2D eigenvalue weighted by atomic mass is 16.5. The molecule has 0 aliphatic carbocycles. The molecule has 0 radical (unpaired) electrons. The van der Waals surface area contributed by atoms with Gasteiger partial charge in [0.15, 0.2) is 5.75 Å². The van der Waals surface area contributed by atoms with E-state index in [1.807, 2.05) is 41.4 Å². The molecule has 0 atom stereocenters. The summed E-state index contributed by atoms with van der Waals surface area (Å²) >= 11 is 0. The lowest BCUT2D eigenvalue weighted by molar-refractivity contribution is 0.0636. The van der Waals surface area contributed by atoms with Crippen molar-refractivity contribution in [2.75, 3.05) is 4.90 Å². The highest BCUT2D eigenvalue weighted by Gasteiger charge is 2.22. The molecule has 0 fully saturated rings. The third kappa shape index (κ3) is 2.51. The van der Waals surface area contributed by atoms with E-state index in [2.05, 4.69) is 0 Å². The van der Waals surface area contributed by atoms with Gasteiger partial charge in [-0.15, -0.1) is 0 Å². The van der Waals surface area contributed by atoms with Crippen molar-refractivity contribution in [1.82, 2.24) is 0 Å². The fourth-order valence-electron chi connectivity index (χ4n) is 2.49. The largest absolute Gasteiger partial charge is 0.461 e. The maximum Gasteiger partial charge on any atom is 0.343 e. The van der Waals surface area contributed by atoms with Crippen LogP contribution in [-0.2, 0) is 4.74 Å². The summed E-state index contributed by atoms with van der Waals surface area (Å²) < 4.78 is 11.0. The number of nitrogens with zero attached hydrogens (tertiary/aromatic N) is 1. The molecular formula is C19H13NO3. The lowest BCUT2D eigenvalue weighted by Crippen LogP contribution is -2.22. The van der Waals surface area contributed by atoms with Gasteiger partial charge < -0.3 is 14.4 Å². The van der Waals surface area contributed by atoms with E-state index >= 15 is 0 Å². The Labute approximate surface area is 133 Å². The summed E-state index contributed by atoms with van der Waals surface area (Å²) in [7, 11) is 0. The third-order valence-electron chi connectivity index (χ3n) is 3.61. The molecule has 0 saturated heterocycles. The van der Waals surface area contributed by atoms with Gasteiger partial charge in [-0.2, -0.15) is 0 Å². The van der Waals surface area contributed by atoms with Crippen molar-refractivity contribution in [1.29, 1.82) is 0 Å². The number of allylic oxidation sites excluding steroid dienone is 2. The molecule has 4 heteroatoms. The zero-order valence-electron chi connectivity index (χ0n) is 12.2. The Kier molecular flexibility index (Phi) is 3.20. The van der Waals surface area contributed by atoms with Gasteiger partial charge >= 0.3 is 5.97 Å². The van der Waals surface area contributed by atoms with E-state index in [0.717, 1.165) is 17.1 Å². The molecule has 0 aromatic heterocycles. The van der Waals surface area contributed by atoms with Gasteiger partial charge in [-0.3, -0.25) is 0 Å². The van der Waals surface area contributed by atoms with Crippen LogP contribution in [-0.4, -0.2) is 5.97 Å². The normalized spacial score (nSPS) is 14.9. The molecule has 0 saturated carbocycles. The molecule has 4 rings (SSSR count). The monoisotopic (exact) mass is 303 g/mol. The van der Waals surface area contributed by atoms with Gasteiger partial charge in [0, 0.05) is 12.3 Å². The Morgan fingerprint density at radius 2 is 1.78 bits per heavy atom. The molecule has 0 unspecified atom stereocenters. The first kappa shape index (κ1) is 13.4. The summed E-state index contributed by atoms with van der Waals surface area (Å²) in [6.45, 7) is 0. The van der Waals surface area contributed by atoms with Crippen LogP contribution in [0.4, 0.5) is 5.69 Å². The van der Waals surface area contributed by atoms with Gasteiger partial charge in [-0.05, 0) is 30.3 Å². The summed E-state index contributed by atoms with van der Waals surface area (Å²) in [6, 6.07) is 16.7. The number of carbonyl (C=O) groups excluding carboxylic acids is 1. The predicted octanol–water partition coefficient (Wildman–Crippen LogP) is 4.00. The number of esters is 1. The molecule has 4 nitrogen and oxygen atoms in total. The second-order valence-electron chi connectivity index (χ2n) is 5.12. The van der Waals surface area contributed by atoms with E-state index in [-0.39, 0.29) is 5.97 Å². The highest BCUT2D eigenvalue weighted by molar-refractivity contribution is 5.90. The summed E-state index contributed by atoms with van der Waals surface area (Å²) in [5.41, 5.74) is 2.27. The molecule has 0 amide bonds. The molecule has 2 aromatic carbocycles. The van der Waals surface area contributed by atoms with Crippen LogP contribution >= 0.6 is 0 Å². The van der Waals surface area contributed by atoms with Gasteiger partial charge in [0.2, 0.25) is 0 Å².